The molecule has 0 bridgehead atoms. The zero-order chi connectivity index (χ0) is 15.3. The summed E-state index contributed by atoms with van der Waals surface area (Å²) in [7, 11) is 0. The quantitative estimate of drug-likeness (QED) is 0.450. The minimum Gasteiger partial charge on any atom is -0.308 e. The van der Waals surface area contributed by atoms with E-state index in [2.05, 4.69) is 31.1 Å². The van der Waals surface area contributed by atoms with Crippen molar-refractivity contribution in [1.29, 1.82) is 0 Å². The summed E-state index contributed by atoms with van der Waals surface area (Å²) in [6.45, 7) is 7.74. The van der Waals surface area contributed by atoms with Gasteiger partial charge in [-0.2, -0.15) is 0 Å². The van der Waals surface area contributed by atoms with Gasteiger partial charge in [0.2, 0.25) is 0 Å². The van der Waals surface area contributed by atoms with Crippen molar-refractivity contribution in [2.24, 2.45) is 0 Å². The molecule has 1 rings (SSSR count). The predicted octanol–water partition coefficient (Wildman–Crippen LogP) is 6.02. The first-order valence-corrected chi connectivity index (χ1v) is 9.71. The molecule has 2 nitrogen and oxygen atoms in total. The summed E-state index contributed by atoms with van der Waals surface area (Å²) in [6, 6.07) is 0.405. The Morgan fingerprint density at radius 3 is 2.10 bits per heavy atom. The van der Waals surface area contributed by atoms with Gasteiger partial charge in [0.1, 0.15) is 5.01 Å². The Labute approximate surface area is 135 Å². The van der Waals surface area contributed by atoms with Crippen LogP contribution in [0.1, 0.15) is 94.0 Å². The molecule has 0 saturated heterocycles. The van der Waals surface area contributed by atoms with E-state index in [4.69, 9.17) is 0 Å². The van der Waals surface area contributed by atoms with E-state index in [1.165, 1.54) is 74.1 Å². The summed E-state index contributed by atoms with van der Waals surface area (Å²) in [5.41, 5.74) is 0. The summed E-state index contributed by atoms with van der Waals surface area (Å²) in [5.74, 6) is 0. The van der Waals surface area contributed by atoms with Crippen molar-refractivity contribution in [3.05, 3.63) is 16.1 Å². The fourth-order valence-electron chi connectivity index (χ4n) is 2.59. The zero-order valence-electron chi connectivity index (χ0n) is 14.3. The Bertz CT molecular complexity index is 349. The second kappa shape index (κ2) is 12.2. The molecule has 0 fully saturated rings. The minimum atomic E-state index is 0.405. The van der Waals surface area contributed by atoms with E-state index < -0.39 is 0 Å². The van der Waals surface area contributed by atoms with Gasteiger partial charge in [-0.25, -0.2) is 4.98 Å². The van der Waals surface area contributed by atoms with Gasteiger partial charge in [-0.15, -0.1) is 11.3 Å². The third kappa shape index (κ3) is 9.26. The van der Waals surface area contributed by atoms with Crippen LogP contribution in [0, 0.1) is 6.92 Å². The highest BCUT2D eigenvalue weighted by atomic mass is 32.1. The Hall–Kier alpha value is -0.410. The number of nitrogens with one attached hydrogen (secondary N) is 1. The normalized spacial score (nSPS) is 12.7. The fourth-order valence-corrected chi connectivity index (χ4v) is 3.39. The molecule has 3 heteroatoms. The lowest BCUT2D eigenvalue weighted by Gasteiger charge is -2.10. The van der Waals surface area contributed by atoms with Gasteiger partial charge in [0, 0.05) is 11.1 Å². The second-order valence-electron chi connectivity index (χ2n) is 6.17. The average Bonchev–Trinajstić information content (AvgIpc) is 2.91. The molecule has 0 aliphatic rings. The topological polar surface area (TPSA) is 24.9 Å². The number of hydrogen-bond donors (Lipinski definition) is 1. The predicted molar refractivity (Wildman–Crippen MR) is 95.1 cm³/mol. The highest BCUT2D eigenvalue weighted by Gasteiger charge is 2.07. The van der Waals surface area contributed by atoms with Crippen molar-refractivity contribution in [2.75, 3.05) is 6.54 Å². The lowest BCUT2D eigenvalue weighted by Crippen LogP contribution is -2.19. The van der Waals surface area contributed by atoms with Gasteiger partial charge < -0.3 is 5.32 Å². The van der Waals surface area contributed by atoms with Gasteiger partial charge in [-0.05, 0) is 26.8 Å². The zero-order valence-corrected chi connectivity index (χ0v) is 15.1. The van der Waals surface area contributed by atoms with Gasteiger partial charge in [-0.3, -0.25) is 0 Å². The molecule has 0 aromatic carbocycles. The molecule has 0 aliphatic heterocycles. The molecule has 0 saturated carbocycles. The molecule has 21 heavy (non-hydrogen) atoms. The van der Waals surface area contributed by atoms with Crippen molar-refractivity contribution in [2.45, 2.75) is 91.0 Å². The van der Waals surface area contributed by atoms with Crippen LogP contribution in [0.2, 0.25) is 0 Å². The third-order valence-corrected chi connectivity index (χ3v) is 5.09. The second-order valence-corrected chi connectivity index (χ2v) is 7.43. The number of rotatable bonds is 13. The Balaban J connectivity index is 1.86. The summed E-state index contributed by atoms with van der Waals surface area (Å²) >= 11 is 1.81. The van der Waals surface area contributed by atoms with E-state index in [0.717, 1.165) is 6.54 Å². The first kappa shape index (κ1) is 18.6. The lowest BCUT2D eigenvalue weighted by molar-refractivity contribution is 0.517. The highest BCUT2D eigenvalue weighted by Crippen LogP contribution is 2.18. The van der Waals surface area contributed by atoms with E-state index in [0.29, 0.717) is 6.04 Å². The minimum absolute atomic E-state index is 0.405. The van der Waals surface area contributed by atoms with E-state index in [1.807, 2.05) is 6.20 Å². The number of aryl methyl sites for hydroxylation is 1. The van der Waals surface area contributed by atoms with E-state index in [1.54, 1.807) is 11.3 Å². The summed E-state index contributed by atoms with van der Waals surface area (Å²) in [5, 5.41) is 4.81. The summed E-state index contributed by atoms with van der Waals surface area (Å²) < 4.78 is 0. The van der Waals surface area contributed by atoms with Gasteiger partial charge in [0.05, 0.1) is 6.04 Å². The molecule has 0 aliphatic carbocycles. The standard InChI is InChI=1S/C18H34N2S/c1-4-5-6-7-8-9-10-11-12-13-14-19-17(3)18-20-15-16(2)21-18/h15,17,19H,4-14H2,1-3H3. The van der Waals surface area contributed by atoms with Crippen molar-refractivity contribution in [3.63, 3.8) is 0 Å². The van der Waals surface area contributed by atoms with Crippen molar-refractivity contribution in [1.82, 2.24) is 10.3 Å². The Kier molecular flexibility index (Phi) is 10.8. The molecular weight excluding hydrogens is 276 g/mol. The van der Waals surface area contributed by atoms with E-state index in [9.17, 15) is 0 Å². The van der Waals surface area contributed by atoms with Crippen LogP contribution in [0.25, 0.3) is 0 Å². The van der Waals surface area contributed by atoms with Crippen molar-refractivity contribution in [3.8, 4) is 0 Å². The van der Waals surface area contributed by atoms with Crippen LogP contribution < -0.4 is 5.32 Å². The Morgan fingerprint density at radius 1 is 1.00 bits per heavy atom. The molecule has 1 atom stereocenters. The van der Waals surface area contributed by atoms with Crippen molar-refractivity contribution >= 4 is 11.3 Å². The van der Waals surface area contributed by atoms with Crippen LogP contribution in [0.4, 0.5) is 0 Å². The molecule has 1 aromatic heterocycles. The number of nitrogens with zero attached hydrogens (tertiary/aromatic N) is 1. The number of unbranched alkanes of at least 4 members (excludes halogenated alkanes) is 9. The van der Waals surface area contributed by atoms with Crippen LogP contribution >= 0.6 is 11.3 Å². The first-order valence-electron chi connectivity index (χ1n) is 8.89. The maximum absolute atomic E-state index is 4.44. The molecule has 1 heterocycles. The molecule has 1 aromatic rings. The maximum Gasteiger partial charge on any atom is 0.109 e. The van der Waals surface area contributed by atoms with E-state index >= 15 is 0 Å². The fraction of sp³-hybridized carbons (Fsp3) is 0.833. The molecule has 1 N–H and O–H groups in total. The molecule has 122 valence electrons. The maximum atomic E-state index is 4.44. The number of thiazole rings is 1. The monoisotopic (exact) mass is 310 g/mol. The molecular formula is C18H34N2S. The van der Waals surface area contributed by atoms with Crippen molar-refractivity contribution < 1.29 is 0 Å². The van der Waals surface area contributed by atoms with Gasteiger partial charge in [-0.1, -0.05) is 64.7 Å². The lowest BCUT2D eigenvalue weighted by atomic mass is 10.1. The molecule has 0 radical (unpaired) electrons. The van der Waals surface area contributed by atoms with Gasteiger partial charge in [0.25, 0.3) is 0 Å². The largest absolute Gasteiger partial charge is 0.308 e. The average molecular weight is 311 g/mol. The number of hydrogen-bond acceptors (Lipinski definition) is 3. The number of aromatic nitrogens is 1. The third-order valence-electron chi connectivity index (χ3n) is 3.99. The van der Waals surface area contributed by atoms with Crippen LogP contribution in [0.15, 0.2) is 6.20 Å². The van der Waals surface area contributed by atoms with Gasteiger partial charge >= 0.3 is 0 Å². The SMILES string of the molecule is CCCCCCCCCCCCNC(C)c1ncc(C)s1. The van der Waals surface area contributed by atoms with Gasteiger partial charge in [0.15, 0.2) is 0 Å². The van der Waals surface area contributed by atoms with Crippen LogP contribution in [0.5, 0.6) is 0 Å². The summed E-state index contributed by atoms with van der Waals surface area (Å²) in [4.78, 5) is 5.75. The first-order chi connectivity index (χ1) is 10.2. The molecule has 1 unspecified atom stereocenters. The van der Waals surface area contributed by atoms with E-state index in [-0.39, 0.29) is 0 Å². The Morgan fingerprint density at radius 2 is 1.57 bits per heavy atom. The van der Waals surface area contributed by atoms with Crippen LogP contribution in [-0.4, -0.2) is 11.5 Å². The summed E-state index contributed by atoms with van der Waals surface area (Å²) in [6.07, 6.45) is 16.0. The highest BCUT2D eigenvalue weighted by molar-refractivity contribution is 7.11. The molecule has 0 spiro atoms. The van der Waals surface area contributed by atoms with Crippen LogP contribution in [0.3, 0.4) is 0 Å². The van der Waals surface area contributed by atoms with Crippen LogP contribution in [-0.2, 0) is 0 Å². The molecule has 0 amide bonds. The smallest absolute Gasteiger partial charge is 0.109 e.